The minimum Gasteiger partial charge on any atom is -0.497 e. The van der Waals surface area contributed by atoms with Gasteiger partial charge in [0.1, 0.15) is 11.5 Å². The summed E-state index contributed by atoms with van der Waals surface area (Å²) in [6.45, 7) is 4.39. The number of carbonyl (C=O) groups is 1. The van der Waals surface area contributed by atoms with Crippen molar-refractivity contribution >= 4 is 35.8 Å². The second-order valence-corrected chi connectivity index (χ2v) is 6.57. The fourth-order valence-electron chi connectivity index (χ4n) is 3.39. The molecule has 2 rings (SSSR count). The average molecular weight is 504 g/mol. The fraction of sp³-hybridized carbons (Fsp3) is 0.600. The Labute approximate surface area is 185 Å². The maximum Gasteiger partial charge on any atom is 0.222 e. The first-order valence-electron chi connectivity index (χ1n) is 9.57. The maximum atomic E-state index is 11.9. The van der Waals surface area contributed by atoms with Crippen molar-refractivity contribution in [2.45, 2.75) is 45.2 Å². The van der Waals surface area contributed by atoms with Crippen molar-refractivity contribution in [3.8, 4) is 11.5 Å². The molecule has 1 aromatic carbocycles. The van der Waals surface area contributed by atoms with Crippen LogP contribution in [0.3, 0.4) is 0 Å². The van der Waals surface area contributed by atoms with Crippen molar-refractivity contribution in [1.82, 2.24) is 15.5 Å². The van der Waals surface area contributed by atoms with Gasteiger partial charge >= 0.3 is 0 Å². The van der Waals surface area contributed by atoms with Gasteiger partial charge in [-0.2, -0.15) is 0 Å². The highest BCUT2D eigenvalue weighted by Gasteiger charge is 2.26. The zero-order valence-electron chi connectivity index (χ0n) is 17.3. The molecule has 1 aliphatic heterocycles. The van der Waals surface area contributed by atoms with Crippen molar-refractivity contribution in [3.05, 3.63) is 23.8 Å². The monoisotopic (exact) mass is 504 g/mol. The van der Waals surface area contributed by atoms with Gasteiger partial charge in [-0.25, -0.2) is 0 Å². The molecular formula is C20H33IN4O3. The largest absolute Gasteiger partial charge is 0.497 e. The summed E-state index contributed by atoms with van der Waals surface area (Å²) in [7, 11) is 5.04. The summed E-state index contributed by atoms with van der Waals surface area (Å²) in [6, 6.07) is 6.05. The lowest BCUT2D eigenvalue weighted by Crippen LogP contribution is -2.41. The lowest BCUT2D eigenvalue weighted by Gasteiger charge is -2.27. The van der Waals surface area contributed by atoms with Crippen LogP contribution < -0.4 is 20.1 Å². The third-order valence-electron chi connectivity index (χ3n) is 4.96. The van der Waals surface area contributed by atoms with Crippen LogP contribution in [0.25, 0.3) is 0 Å². The highest BCUT2D eigenvalue weighted by Crippen LogP contribution is 2.24. The maximum absolute atomic E-state index is 11.9. The van der Waals surface area contributed by atoms with E-state index in [0.717, 1.165) is 55.4 Å². The van der Waals surface area contributed by atoms with E-state index in [-0.39, 0.29) is 29.9 Å². The number of likely N-dealkylation sites (tertiary alicyclic amines) is 1. The van der Waals surface area contributed by atoms with Crippen LogP contribution in [0.4, 0.5) is 0 Å². The third-order valence-corrected chi connectivity index (χ3v) is 4.96. The molecular weight excluding hydrogens is 471 g/mol. The number of rotatable bonds is 9. The summed E-state index contributed by atoms with van der Waals surface area (Å²) in [6.07, 6.45) is 3.56. The molecule has 0 aliphatic carbocycles. The van der Waals surface area contributed by atoms with E-state index in [9.17, 15) is 4.79 Å². The summed E-state index contributed by atoms with van der Waals surface area (Å²) >= 11 is 0. The van der Waals surface area contributed by atoms with E-state index >= 15 is 0 Å². The molecule has 1 saturated heterocycles. The standard InChI is InChI=1S/C20H32N4O3.HI/c1-5-16(24-12-6-7-19(24)25)10-11-22-20(21-2)23-14-15-8-9-17(26-3)13-18(15)27-4;/h8-9,13,16H,5-7,10-12,14H2,1-4H3,(H2,21,22,23);1H. The van der Waals surface area contributed by atoms with E-state index in [1.807, 2.05) is 23.1 Å². The summed E-state index contributed by atoms with van der Waals surface area (Å²) in [4.78, 5) is 18.2. The lowest BCUT2D eigenvalue weighted by atomic mass is 10.1. The van der Waals surface area contributed by atoms with E-state index in [1.54, 1.807) is 21.3 Å². The number of carbonyl (C=O) groups excluding carboxylic acids is 1. The first-order valence-corrected chi connectivity index (χ1v) is 9.57. The van der Waals surface area contributed by atoms with E-state index < -0.39 is 0 Å². The minimum atomic E-state index is 0. The Bertz CT molecular complexity index is 654. The molecule has 0 spiro atoms. The quantitative estimate of drug-likeness (QED) is 0.308. The third kappa shape index (κ3) is 6.72. The van der Waals surface area contributed by atoms with E-state index in [1.165, 1.54) is 0 Å². The van der Waals surface area contributed by atoms with Crippen molar-refractivity contribution in [2.24, 2.45) is 4.99 Å². The summed E-state index contributed by atoms with van der Waals surface area (Å²) in [5, 5.41) is 6.64. The highest BCUT2D eigenvalue weighted by atomic mass is 127. The number of ether oxygens (including phenoxy) is 2. The minimum absolute atomic E-state index is 0. The molecule has 2 N–H and O–H groups in total. The zero-order valence-corrected chi connectivity index (χ0v) is 19.6. The van der Waals surface area contributed by atoms with E-state index in [4.69, 9.17) is 9.47 Å². The molecule has 0 saturated carbocycles. The normalized spacial score (nSPS) is 15.1. The number of methoxy groups -OCH3 is 2. The zero-order chi connectivity index (χ0) is 19.6. The van der Waals surface area contributed by atoms with E-state index in [0.29, 0.717) is 19.0 Å². The Morgan fingerprint density at radius 2 is 2.07 bits per heavy atom. The number of aliphatic imine (C=N–C) groups is 1. The van der Waals surface area contributed by atoms with Crippen LogP contribution in [0.5, 0.6) is 11.5 Å². The van der Waals surface area contributed by atoms with Crippen molar-refractivity contribution in [1.29, 1.82) is 0 Å². The molecule has 28 heavy (non-hydrogen) atoms. The number of hydrogen-bond donors (Lipinski definition) is 2. The molecule has 158 valence electrons. The number of benzene rings is 1. The van der Waals surface area contributed by atoms with Crippen molar-refractivity contribution in [2.75, 3.05) is 34.4 Å². The van der Waals surface area contributed by atoms with Crippen molar-refractivity contribution < 1.29 is 14.3 Å². The molecule has 1 aliphatic rings. The second-order valence-electron chi connectivity index (χ2n) is 6.57. The van der Waals surface area contributed by atoms with Gasteiger partial charge in [-0.3, -0.25) is 9.79 Å². The average Bonchev–Trinajstić information content (AvgIpc) is 3.13. The predicted octanol–water partition coefficient (Wildman–Crippen LogP) is 2.78. The van der Waals surface area contributed by atoms with Crippen LogP contribution in [0.15, 0.2) is 23.2 Å². The molecule has 1 fully saturated rings. The van der Waals surface area contributed by atoms with Gasteiger partial charge in [0.15, 0.2) is 5.96 Å². The topological polar surface area (TPSA) is 75.2 Å². The van der Waals surface area contributed by atoms with Gasteiger partial charge in [-0.1, -0.05) is 6.92 Å². The predicted molar refractivity (Wildman–Crippen MR) is 123 cm³/mol. The molecule has 1 aromatic rings. The molecule has 1 heterocycles. The van der Waals surface area contributed by atoms with Gasteiger partial charge in [0.2, 0.25) is 5.91 Å². The van der Waals surface area contributed by atoms with Crippen LogP contribution in [-0.2, 0) is 11.3 Å². The number of nitrogens with zero attached hydrogens (tertiary/aromatic N) is 2. The Balaban J connectivity index is 0.00000392. The second kappa shape index (κ2) is 12.7. The van der Waals surface area contributed by atoms with Gasteiger partial charge in [0, 0.05) is 50.8 Å². The summed E-state index contributed by atoms with van der Waals surface area (Å²) in [5.41, 5.74) is 1.02. The number of nitrogens with one attached hydrogen (secondary N) is 2. The first kappa shape index (κ1) is 24.3. The smallest absolute Gasteiger partial charge is 0.222 e. The molecule has 0 aromatic heterocycles. The van der Waals surface area contributed by atoms with Crippen LogP contribution in [0.1, 0.15) is 38.2 Å². The van der Waals surface area contributed by atoms with Crippen LogP contribution in [-0.4, -0.2) is 57.2 Å². The Morgan fingerprint density at radius 1 is 1.29 bits per heavy atom. The van der Waals surface area contributed by atoms with Crippen LogP contribution >= 0.6 is 24.0 Å². The van der Waals surface area contributed by atoms with Crippen molar-refractivity contribution in [3.63, 3.8) is 0 Å². The molecule has 8 heteroatoms. The molecule has 0 radical (unpaired) electrons. The van der Waals surface area contributed by atoms with Gasteiger partial charge in [-0.15, -0.1) is 24.0 Å². The molecule has 7 nitrogen and oxygen atoms in total. The molecule has 1 amide bonds. The molecule has 1 unspecified atom stereocenters. The number of hydrogen-bond acceptors (Lipinski definition) is 4. The lowest BCUT2D eigenvalue weighted by molar-refractivity contribution is -0.129. The Hall–Kier alpha value is -1.71. The van der Waals surface area contributed by atoms with Gasteiger partial charge in [-0.05, 0) is 31.4 Å². The number of guanidine groups is 1. The molecule has 1 atom stereocenters. The fourth-order valence-corrected chi connectivity index (χ4v) is 3.39. The summed E-state index contributed by atoms with van der Waals surface area (Å²) in [5.74, 6) is 2.56. The molecule has 0 bridgehead atoms. The Morgan fingerprint density at radius 3 is 2.64 bits per heavy atom. The van der Waals surface area contributed by atoms with Gasteiger partial charge in [0.25, 0.3) is 0 Å². The van der Waals surface area contributed by atoms with Gasteiger partial charge in [0.05, 0.1) is 14.2 Å². The Kier molecular flexibility index (Phi) is 11.0. The highest BCUT2D eigenvalue weighted by molar-refractivity contribution is 14.0. The summed E-state index contributed by atoms with van der Waals surface area (Å²) < 4.78 is 10.7. The number of halogens is 1. The first-order chi connectivity index (χ1) is 13.1. The number of amides is 1. The SMILES string of the molecule is CCC(CCNC(=NC)NCc1ccc(OC)cc1OC)N1CCCC1=O.I. The van der Waals surface area contributed by atoms with Crippen LogP contribution in [0.2, 0.25) is 0 Å². The van der Waals surface area contributed by atoms with Gasteiger partial charge < -0.3 is 25.0 Å². The van der Waals surface area contributed by atoms with Crippen LogP contribution in [0, 0.1) is 0 Å². The van der Waals surface area contributed by atoms with E-state index in [2.05, 4.69) is 22.5 Å².